The lowest BCUT2D eigenvalue weighted by atomic mass is 9.71. The molecule has 1 aliphatic rings. The van der Waals surface area contributed by atoms with Crippen LogP contribution in [0.15, 0.2) is 47.0 Å². The van der Waals surface area contributed by atoms with Gasteiger partial charge in [0.25, 0.3) is 0 Å². The van der Waals surface area contributed by atoms with E-state index in [2.05, 4.69) is 10.5 Å². The van der Waals surface area contributed by atoms with E-state index in [9.17, 15) is 9.18 Å². The van der Waals surface area contributed by atoms with Crippen LogP contribution in [0.25, 0.3) is 0 Å². The molecule has 0 bridgehead atoms. The lowest BCUT2D eigenvalue weighted by Gasteiger charge is -2.28. The summed E-state index contributed by atoms with van der Waals surface area (Å²) in [6.45, 7) is 3.64. The van der Waals surface area contributed by atoms with Crippen molar-refractivity contribution >= 4 is 23.2 Å². The molecule has 0 saturated heterocycles. The molecule has 132 valence electrons. The molecule has 0 aliphatic carbocycles. The third-order valence-corrected chi connectivity index (χ3v) is 5.29. The summed E-state index contributed by atoms with van der Waals surface area (Å²) in [5.74, 6) is 0.0475. The number of hydrogen-bond acceptors (Lipinski definition) is 3. The number of rotatable bonds is 3. The van der Waals surface area contributed by atoms with E-state index >= 15 is 0 Å². The average Bonchev–Trinajstić information content (AvgIpc) is 3.07. The van der Waals surface area contributed by atoms with Gasteiger partial charge in [-0.1, -0.05) is 28.9 Å². The fraction of sp³-hybridized carbons (Fsp3) is 0.200. The molecule has 0 spiro atoms. The SMILES string of the molecule is Cc1noc(C)c1CC1(c2ccc(Cl)cc2)C(=O)Nc2ccc(F)cc21. The predicted molar refractivity (Wildman–Crippen MR) is 96.9 cm³/mol. The van der Waals surface area contributed by atoms with Crippen LogP contribution in [0.3, 0.4) is 0 Å². The molecule has 26 heavy (non-hydrogen) atoms. The zero-order valence-corrected chi connectivity index (χ0v) is 15.0. The van der Waals surface area contributed by atoms with Crippen LogP contribution in [0, 0.1) is 19.7 Å². The molecule has 4 nitrogen and oxygen atoms in total. The summed E-state index contributed by atoms with van der Waals surface area (Å²) in [5, 5.41) is 7.45. The van der Waals surface area contributed by atoms with Gasteiger partial charge in [-0.25, -0.2) is 4.39 Å². The number of carbonyl (C=O) groups excluding carboxylic acids is 1. The zero-order chi connectivity index (χ0) is 18.5. The molecule has 0 radical (unpaired) electrons. The van der Waals surface area contributed by atoms with Crippen molar-refractivity contribution in [1.82, 2.24) is 5.16 Å². The molecule has 1 atom stereocenters. The number of nitrogens with zero attached hydrogens (tertiary/aromatic N) is 1. The fourth-order valence-electron chi connectivity index (χ4n) is 3.65. The van der Waals surface area contributed by atoms with E-state index in [-0.39, 0.29) is 5.91 Å². The first-order valence-corrected chi connectivity index (χ1v) is 8.59. The zero-order valence-electron chi connectivity index (χ0n) is 14.3. The highest BCUT2D eigenvalue weighted by Crippen LogP contribution is 2.46. The van der Waals surface area contributed by atoms with Crippen molar-refractivity contribution in [1.29, 1.82) is 0 Å². The molecule has 0 saturated carbocycles. The van der Waals surface area contributed by atoms with Gasteiger partial charge in [0.05, 0.1) is 5.69 Å². The van der Waals surface area contributed by atoms with Crippen LogP contribution in [-0.4, -0.2) is 11.1 Å². The summed E-state index contributed by atoms with van der Waals surface area (Å²) in [4.78, 5) is 13.2. The first-order valence-electron chi connectivity index (χ1n) is 8.21. The normalized spacial score (nSPS) is 18.7. The minimum atomic E-state index is -1.08. The molecule has 6 heteroatoms. The van der Waals surface area contributed by atoms with Gasteiger partial charge >= 0.3 is 0 Å². The first-order chi connectivity index (χ1) is 12.4. The quantitative estimate of drug-likeness (QED) is 0.735. The van der Waals surface area contributed by atoms with Gasteiger partial charge in [0.15, 0.2) is 0 Å². The number of amides is 1. The molecule has 2 aromatic carbocycles. The lowest BCUT2D eigenvalue weighted by molar-refractivity contribution is -0.119. The summed E-state index contributed by atoms with van der Waals surface area (Å²) in [6.07, 6.45) is 0.318. The van der Waals surface area contributed by atoms with Crippen molar-refractivity contribution in [3.8, 4) is 0 Å². The van der Waals surface area contributed by atoms with Crippen LogP contribution in [-0.2, 0) is 16.6 Å². The van der Waals surface area contributed by atoms with Crippen molar-refractivity contribution in [2.45, 2.75) is 25.7 Å². The summed E-state index contributed by atoms with van der Waals surface area (Å²) in [5.41, 5.74) is 2.43. The molecule has 4 rings (SSSR count). The Morgan fingerprint density at radius 3 is 2.58 bits per heavy atom. The molecule has 1 N–H and O–H groups in total. The van der Waals surface area contributed by atoms with Crippen LogP contribution in [0.5, 0.6) is 0 Å². The largest absolute Gasteiger partial charge is 0.361 e. The fourth-order valence-corrected chi connectivity index (χ4v) is 3.77. The molecule has 1 aromatic heterocycles. The van der Waals surface area contributed by atoms with Crippen LogP contribution in [0.1, 0.15) is 28.1 Å². The number of halogens is 2. The first kappa shape index (κ1) is 16.8. The van der Waals surface area contributed by atoms with Crippen LogP contribution in [0.4, 0.5) is 10.1 Å². The van der Waals surface area contributed by atoms with Crippen molar-refractivity contribution in [3.63, 3.8) is 0 Å². The van der Waals surface area contributed by atoms with Gasteiger partial charge in [0, 0.05) is 22.7 Å². The Labute approximate surface area is 155 Å². The van der Waals surface area contributed by atoms with Crippen molar-refractivity contribution in [2.24, 2.45) is 0 Å². The van der Waals surface area contributed by atoms with Crippen molar-refractivity contribution < 1.29 is 13.7 Å². The Balaban J connectivity index is 1.98. The van der Waals surface area contributed by atoms with Crippen LogP contribution >= 0.6 is 11.6 Å². The minimum absolute atomic E-state index is 0.208. The number of hydrogen-bond donors (Lipinski definition) is 1. The molecule has 1 unspecified atom stereocenters. The Bertz CT molecular complexity index is 994. The second-order valence-electron chi connectivity index (χ2n) is 6.54. The Morgan fingerprint density at radius 1 is 1.19 bits per heavy atom. The summed E-state index contributed by atoms with van der Waals surface area (Å²) < 4.78 is 19.3. The van der Waals surface area contributed by atoms with Gasteiger partial charge in [0.2, 0.25) is 5.91 Å². The maximum atomic E-state index is 14.1. The number of anilines is 1. The third kappa shape index (κ3) is 2.42. The molecule has 1 amide bonds. The Kier molecular flexibility index (Phi) is 3.84. The summed E-state index contributed by atoms with van der Waals surface area (Å²) in [7, 11) is 0. The van der Waals surface area contributed by atoms with E-state index in [0.717, 1.165) is 11.1 Å². The van der Waals surface area contributed by atoms with E-state index in [1.165, 1.54) is 12.1 Å². The second-order valence-corrected chi connectivity index (χ2v) is 6.97. The molecular weight excluding hydrogens is 355 g/mol. The number of aromatic nitrogens is 1. The second kappa shape index (κ2) is 5.95. The van der Waals surface area contributed by atoms with Crippen molar-refractivity contribution in [3.05, 3.63) is 81.4 Å². The highest BCUT2D eigenvalue weighted by molar-refractivity contribution is 6.30. The highest BCUT2D eigenvalue weighted by atomic mass is 35.5. The standard InChI is InChI=1S/C20H16ClFN2O2/c1-11-16(12(2)26-24-11)10-20(13-3-5-14(21)6-4-13)17-9-15(22)7-8-18(17)23-19(20)25/h3-9H,10H2,1-2H3,(H,23,25). The minimum Gasteiger partial charge on any atom is -0.361 e. The number of aryl methyl sites for hydroxylation is 2. The van der Waals surface area contributed by atoms with Gasteiger partial charge in [-0.05, 0) is 55.3 Å². The maximum absolute atomic E-state index is 14.1. The van der Waals surface area contributed by atoms with Gasteiger partial charge in [0.1, 0.15) is 17.0 Å². The van der Waals surface area contributed by atoms with E-state index in [1.54, 1.807) is 30.3 Å². The predicted octanol–water partition coefficient (Wildman–Crippen LogP) is 4.56. The van der Waals surface area contributed by atoms with E-state index in [0.29, 0.717) is 34.1 Å². The lowest BCUT2D eigenvalue weighted by Crippen LogP contribution is -2.38. The summed E-state index contributed by atoms with van der Waals surface area (Å²) >= 11 is 6.03. The van der Waals surface area contributed by atoms with Gasteiger partial charge < -0.3 is 9.84 Å². The number of carbonyl (C=O) groups is 1. The monoisotopic (exact) mass is 370 g/mol. The van der Waals surface area contributed by atoms with Gasteiger partial charge in [-0.3, -0.25) is 4.79 Å². The number of benzene rings is 2. The Morgan fingerprint density at radius 2 is 1.92 bits per heavy atom. The van der Waals surface area contributed by atoms with E-state index < -0.39 is 11.2 Å². The van der Waals surface area contributed by atoms with Gasteiger partial charge in [-0.2, -0.15) is 0 Å². The molecule has 3 aromatic rings. The topological polar surface area (TPSA) is 55.1 Å². The number of fused-ring (bicyclic) bond motifs is 1. The van der Waals surface area contributed by atoms with Crippen molar-refractivity contribution in [2.75, 3.05) is 5.32 Å². The molecule has 0 fully saturated rings. The average molecular weight is 371 g/mol. The maximum Gasteiger partial charge on any atom is 0.239 e. The van der Waals surface area contributed by atoms with Gasteiger partial charge in [-0.15, -0.1) is 0 Å². The number of nitrogens with one attached hydrogen (secondary N) is 1. The molecule has 1 aliphatic heterocycles. The summed E-state index contributed by atoms with van der Waals surface area (Å²) in [6, 6.07) is 11.4. The van der Waals surface area contributed by atoms with Crippen LogP contribution in [0.2, 0.25) is 5.02 Å². The highest BCUT2D eigenvalue weighted by Gasteiger charge is 2.49. The smallest absolute Gasteiger partial charge is 0.239 e. The molecular formula is C20H16ClFN2O2. The van der Waals surface area contributed by atoms with Crippen LogP contribution < -0.4 is 5.32 Å². The van der Waals surface area contributed by atoms with E-state index in [4.69, 9.17) is 16.1 Å². The molecule has 2 heterocycles. The third-order valence-electron chi connectivity index (χ3n) is 5.04. The van der Waals surface area contributed by atoms with E-state index in [1.807, 2.05) is 13.8 Å². The Hall–Kier alpha value is -2.66.